The standard InChI is InChI=1S/C25H29N3O6S/c1-16(2)34-19-4-6-20(7-5-19)35(32,33)28-11-9-17(10-12-28)22-14-27(15-24(29)30)23-13-18(25(26)31)3-8-21(22)23/h3-8,13-14,16-17H,9-12,15H2,1-2H3,(H2,26,31)(H,29,30). The Bertz CT molecular complexity index is 1350. The number of hydrogen-bond donors (Lipinski definition) is 2. The second-order valence-corrected chi connectivity index (χ2v) is 11.0. The maximum Gasteiger partial charge on any atom is 0.323 e. The highest BCUT2D eigenvalue weighted by Crippen LogP contribution is 2.36. The Balaban J connectivity index is 1.54. The molecule has 2 aromatic carbocycles. The summed E-state index contributed by atoms with van der Waals surface area (Å²) in [5, 5.41) is 10.2. The van der Waals surface area contributed by atoms with Gasteiger partial charge < -0.3 is 20.1 Å². The van der Waals surface area contributed by atoms with E-state index in [0.29, 0.717) is 42.8 Å². The number of ether oxygens (including phenoxy) is 1. The van der Waals surface area contributed by atoms with Crippen molar-refractivity contribution >= 4 is 32.8 Å². The molecule has 0 bridgehead atoms. The molecule has 35 heavy (non-hydrogen) atoms. The molecule has 0 radical (unpaired) electrons. The van der Waals surface area contributed by atoms with Crippen LogP contribution in [0.25, 0.3) is 10.9 Å². The van der Waals surface area contributed by atoms with Crippen LogP contribution in [0.3, 0.4) is 0 Å². The largest absolute Gasteiger partial charge is 0.491 e. The van der Waals surface area contributed by atoms with Crippen LogP contribution in [0.2, 0.25) is 0 Å². The second kappa shape index (κ2) is 9.71. The molecule has 2 heterocycles. The van der Waals surface area contributed by atoms with E-state index in [-0.39, 0.29) is 23.5 Å². The first kappa shape index (κ1) is 24.7. The van der Waals surface area contributed by atoms with Gasteiger partial charge in [-0.2, -0.15) is 4.31 Å². The van der Waals surface area contributed by atoms with Crippen LogP contribution in [-0.2, 0) is 21.4 Å². The number of sulfonamides is 1. The molecule has 1 aliphatic rings. The maximum atomic E-state index is 13.2. The van der Waals surface area contributed by atoms with Gasteiger partial charge in [-0.15, -0.1) is 0 Å². The smallest absolute Gasteiger partial charge is 0.323 e. The molecule has 186 valence electrons. The Morgan fingerprint density at radius 1 is 1.11 bits per heavy atom. The predicted octanol–water partition coefficient (Wildman–Crippen LogP) is 3.18. The molecule has 10 heteroatoms. The number of hydrogen-bond acceptors (Lipinski definition) is 5. The maximum absolute atomic E-state index is 13.2. The van der Waals surface area contributed by atoms with E-state index in [1.54, 1.807) is 53.2 Å². The van der Waals surface area contributed by atoms with Crippen LogP contribution in [0.4, 0.5) is 0 Å². The monoisotopic (exact) mass is 499 g/mol. The average molecular weight is 500 g/mol. The van der Waals surface area contributed by atoms with Crippen molar-refractivity contribution in [3.63, 3.8) is 0 Å². The van der Waals surface area contributed by atoms with E-state index in [9.17, 15) is 23.1 Å². The van der Waals surface area contributed by atoms with Crippen LogP contribution in [0, 0.1) is 0 Å². The highest BCUT2D eigenvalue weighted by atomic mass is 32.2. The molecule has 4 rings (SSSR count). The fraction of sp³-hybridized carbons (Fsp3) is 0.360. The molecule has 3 aromatic rings. The van der Waals surface area contributed by atoms with Gasteiger partial charge in [-0.3, -0.25) is 9.59 Å². The summed E-state index contributed by atoms with van der Waals surface area (Å²) >= 11 is 0. The zero-order chi connectivity index (χ0) is 25.3. The minimum atomic E-state index is -3.64. The van der Waals surface area contributed by atoms with Crippen molar-refractivity contribution in [1.29, 1.82) is 0 Å². The Morgan fingerprint density at radius 2 is 1.77 bits per heavy atom. The van der Waals surface area contributed by atoms with Crippen molar-refractivity contribution in [1.82, 2.24) is 8.87 Å². The first-order chi connectivity index (χ1) is 16.6. The molecule has 1 fully saturated rings. The number of nitrogens with zero attached hydrogens (tertiary/aromatic N) is 2. The summed E-state index contributed by atoms with van der Waals surface area (Å²) in [6, 6.07) is 11.5. The third kappa shape index (κ3) is 5.18. The lowest BCUT2D eigenvalue weighted by atomic mass is 9.90. The molecule has 0 aliphatic carbocycles. The molecule has 0 saturated carbocycles. The summed E-state index contributed by atoms with van der Waals surface area (Å²) in [7, 11) is -3.64. The van der Waals surface area contributed by atoms with E-state index in [0.717, 1.165) is 10.9 Å². The number of carboxylic acids is 1. The van der Waals surface area contributed by atoms with Crippen LogP contribution >= 0.6 is 0 Å². The number of carbonyl (C=O) groups excluding carboxylic acids is 1. The third-order valence-corrected chi connectivity index (χ3v) is 8.14. The lowest BCUT2D eigenvalue weighted by Gasteiger charge is -2.31. The van der Waals surface area contributed by atoms with Crippen LogP contribution in [0.5, 0.6) is 5.75 Å². The number of aliphatic carboxylic acids is 1. The lowest BCUT2D eigenvalue weighted by molar-refractivity contribution is -0.137. The van der Waals surface area contributed by atoms with Gasteiger partial charge in [0.15, 0.2) is 0 Å². The summed E-state index contributed by atoms with van der Waals surface area (Å²) in [4.78, 5) is 23.2. The van der Waals surface area contributed by atoms with Gasteiger partial charge in [-0.05, 0) is 74.6 Å². The van der Waals surface area contributed by atoms with E-state index in [4.69, 9.17) is 10.5 Å². The number of piperidine rings is 1. The minimum Gasteiger partial charge on any atom is -0.491 e. The fourth-order valence-corrected chi connectivity index (χ4v) is 6.06. The number of benzene rings is 2. The molecule has 1 aromatic heterocycles. The lowest BCUT2D eigenvalue weighted by Crippen LogP contribution is -2.37. The summed E-state index contributed by atoms with van der Waals surface area (Å²) in [6.45, 7) is 4.27. The number of carbonyl (C=O) groups is 2. The molecular weight excluding hydrogens is 470 g/mol. The fourth-order valence-electron chi connectivity index (χ4n) is 4.59. The van der Waals surface area contributed by atoms with E-state index < -0.39 is 21.9 Å². The van der Waals surface area contributed by atoms with Crippen molar-refractivity contribution in [2.24, 2.45) is 5.73 Å². The molecular formula is C25H29N3O6S. The van der Waals surface area contributed by atoms with Gasteiger partial charge >= 0.3 is 5.97 Å². The van der Waals surface area contributed by atoms with E-state index >= 15 is 0 Å². The molecule has 0 spiro atoms. The van der Waals surface area contributed by atoms with Gasteiger partial charge in [0.1, 0.15) is 12.3 Å². The number of aromatic nitrogens is 1. The Labute approximate surface area is 204 Å². The molecule has 1 aliphatic heterocycles. The molecule has 1 saturated heterocycles. The topological polar surface area (TPSA) is 132 Å². The number of carboxylic acid groups (broad SMARTS) is 1. The number of fused-ring (bicyclic) bond motifs is 1. The number of nitrogens with two attached hydrogens (primary N) is 1. The molecule has 0 unspecified atom stereocenters. The quantitative estimate of drug-likeness (QED) is 0.489. The van der Waals surface area contributed by atoms with Crippen molar-refractivity contribution in [3.8, 4) is 5.75 Å². The Morgan fingerprint density at radius 3 is 2.34 bits per heavy atom. The zero-order valence-corrected chi connectivity index (χ0v) is 20.5. The Hall–Kier alpha value is -3.37. The number of amides is 1. The van der Waals surface area contributed by atoms with Crippen molar-refractivity contribution in [2.45, 2.75) is 50.2 Å². The summed E-state index contributed by atoms with van der Waals surface area (Å²) in [5.74, 6) is -0.905. The van der Waals surface area contributed by atoms with Crippen LogP contribution in [-0.4, -0.2) is 53.5 Å². The van der Waals surface area contributed by atoms with Gasteiger partial charge in [0.25, 0.3) is 0 Å². The van der Waals surface area contributed by atoms with Gasteiger partial charge in [-0.1, -0.05) is 6.07 Å². The van der Waals surface area contributed by atoms with Gasteiger partial charge in [-0.25, -0.2) is 8.42 Å². The van der Waals surface area contributed by atoms with Crippen LogP contribution in [0.1, 0.15) is 48.5 Å². The molecule has 3 N–H and O–H groups in total. The van der Waals surface area contributed by atoms with Crippen LogP contribution in [0.15, 0.2) is 53.6 Å². The molecule has 1 amide bonds. The van der Waals surface area contributed by atoms with Crippen molar-refractivity contribution < 1.29 is 27.9 Å². The first-order valence-electron chi connectivity index (χ1n) is 11.5. The first-order valence-corrected chi connectivity index (χ1v) is 12.9. The van der Waals surface area contributed by atoms with Gasteiger partial charge in [0, 0.05) is 35.8 Å². The average Bonchev–Trinajstić information content (AvgIpc) is 3.16. The van der Waals surface area contributed by atoms with Gasteiger partial charge in [0.2, 0.25) is 15.9 Å². The minimum absolute atomic E-state index is 0.000290. The summed E-state index contributed by atoms with van der Waals surface area (Å²) in [5.41, 5.74) is 7.28. The van der Waals surface area contributed by atoms with E-state index in [1.165, 1.54) is 4.31 Å². The third-order valence-electron chi connectivity index (χ3n) is 6.23. The number of rotatable bonds is 8. The number of primary amides is 1. The van der Waals surface area contributed by atoms with Crippen LogP contribution < -0.4 is 10.5 Å². The second-order valence-electron chi connectivity index (χ2n) is 9.02. The Kier molecular flexibility index (Phi) is 6.86. The summed E-state index contributed by atoms with van der Waals surface area (Å²) < 4.78 is 35.0. The predicted molar refractivity (Wildman–Crippen MR) is 131 cm³/mol. The van der Waals surface area contributed by atoms with Gasteiger partial charge in [0.05, 0.1) is 11.0 Å². The van der Waals surface area contributed by atoms with E-state index in [1.807, 2.05) is 13.8 Å². The van der Waals surface area contributed by atoms with Crippen molar-refractivity contribution in [2.75, 3.05) is 13.1 Å². The highest BCUT2D eigenvalue weighted by Gasteiger charge is 2.31. The summed E-state index contributed by atoms with van der Waals surface area (Å²) in [6.07, 6.45) is 2.99. The SMILES string of the molecule is CC(C)Oc1ccc(S(=O)(=O)N2CCC(c3cn(CC(=O)O)c4cc(C(N)=O)ccc34)CC2)cc1. The zero-order valence-electron chi connectivity index (χ0n) is 19.7. The highest BCUT2D eigenvalue weighted by molar-refractivity contribution is 7.89. The van der Waals surface area contributed by atoms with E-state index in [2.05, 4.69) is 0 Å². The molecule has 9 nitrogen and oxygen atoms in total. The normalized spacial score (nSPS) is 15.5. The van der Waals surface area contributed by atoms with Crippen molar-refractivity contribution in [3.05, 3.63) is 59.8 Å². The molecule has 0 atom stereocenters.